The molecule has 0 saturated heterocycles. The molecular formula is C25H31N3O8. The van der Waals surface area contributed by atoms with E-state index in [9.17, 15) is 19.2 Å². The van der Waals surface area contributed by atoms with Crippen LogP contribution in [0.15, 0.2) is 53.9 Å². The molecular weight excluding hydrogens is 470 g/mol. The normalized spacial score (nSPS) is 13.0. The molecule has 2 rings (SSSR count). The molecule has 1 aliphatic rings. The van der Waals surface area contributed by atoms with E-state index in [0.717, 1.165) is 0 Å². The number of esters is 3. The van der Waals surface area contributed by atoms with Gasteiger partial charge in [-0.1, -0.05) is 6.08 Å². The third-order valence-electron chi connectivity index (χ3n) is 4.68. The highest BCUT2D eigenvalue weighted by Gasteiger charge is 2.29. The van der Waals surface area contributed by atoms with Crippen molar-refractivity contribution in [3.05, 3.63) is 59.5 Å². The molecule has 0 unspecified atom stereocenters. The smallest absolute Gasteiger partial charge is 0.407 e. The lowest BCUT2D eigenvalue weighted by atomic mass is 10.1. The van der Waals surface area contributed by atoms with Gasteiger partial charge in [0, 0.05) is 19.3 Å². The third kappa shape index (κ3) is 7.36. The summed E-state index contributed by atoms with van der Waals surface area (Å²) in [5, 5.41) is 5.80. The van der Waals surface area contributed by atoms with E-state index >= 15 is 0 Å². The number of nitrogens with zero attached hydrogens (tertiary/aromatic N) is 1. The van der Waals surface area contributed by atoms with E-state index in [0.29, 0.717) is 11.4 Å². The van der Waals surface area contributed by atoms with Crippen LogP contribution in [-0.4, -0.2) is 64.0 Å². The lowest BCUT2D eigenvalue weighted by Gasteiger charge is -2.26. The SMILES string of the molecule is COC(=O)C1=C(C(=O)OC)N(c2cc(C(=O)OC)ccc2NCCNC(=O)OC(C)(C)C)C=CC=C1. The van der Waals surface area contributed by atoms with Crippen LogP contribution in [0.2, 0.25) is 0 Å². The van der Waals surface area contributed by atoms with Crippen molar-refractivity contribution in [2.24, 2.45) is 0 Å². The van der Waals surface area contributed by atoms with Crippen molar-refractivity contribution in [2.45, 2.75) is 26.4 Å². The molecule has 0 radical (unpaired) electrons. The van der Waals surface area contributed by atoms with Crippen molar-refractivity contribution < 1.29 is 38.1 Å². The molecule has 0 aliphatic carbocycles. The minimum absolute atomic E-state index is 0.0460. The molecule has 0 fully saturated rings. The van der Waals surface area contributed by atoms with Gasteiger partial charge >= 0.3 is 24.0 Å². The molecule has 1 heterocycles. The van der Waals surface area contributed by atoms with Crippen molar-refractivity contribution in [1.82, 2.24) is 5.32 Å². The quantitative estimate of drug-likeness (QED) is 0.311. The zero-order valence-corrected chi connectivity index (χ0v) is 21.2. The molecule has 0 aromatic heterocycles. The summed E-state index contributed by atoms with van der Waals surface area (Å²) in [5.74, 6) is -2.14. The minimum atomic E-state index is -0.799. The molecule has 0 bridgehead atoms. The summed E-state index contributed by atoms with van der Waals surface area (Å²) in [6.45, 7) is 5.79. The lowest BCUT2D eigenvalue weighted by Crippen LogP contribution is -2.35. The fraction of sp³-hybridized carbons (Fsp3) is 0.360. The van der Waals surface area contributed by atoms with Crippen LogP contribution in [0.5, 0.6) is 0 Å². The van der Waals surface area contributed by atoms with E-state index in [1.54, 1.807) is 51.3 Å². The summed E-state index contributed by atoms with van der Waals surface area (Å²) in [7, 11) is 3.64. The summed E-state index contributed by atoms with van der Waals surface area (Å²) < 4.78 is 19.8. The van der Waals surface area contributed by atoms with E-state index in [-0.39, 0.29) is 29.9 Å². The number of benzene rings is 1. The monoisotopic (exact) mass is 501 g/mol. The van der Waals surface area contributed by atoms with Crippen molar-refractivity contribution in [2.75, 3.05) is 44.6 Å². The fourth-order valence-electron chi connectivity index (χ4n) is 3.15. The molecule has 1 aromatic rings. The molecule has 1 aliphatic heterocycles. The molecule has 0 spiro atoms. The Labute approximate surface area is 209 Å². The standard InChI is InChI=1S/C25H31N3O8/c1-25(2,3)36-24(32)27-13-12-26-18-11-10-16(21(29)33-4)15-19(18)28-14-8-7-9-17(22(30)34-5)20(28)23(31)35-6/h7-11,14-15,26H,12-13H2,1-6H3,(H,27,32). The third-order valence-corrected chi connectivity index (χ3v) is 4.68. The molecule has 11 nitrogen and oxygen atoms in total. The number of carbonyl (C=O) groups is 4. The zero-order chi connectivity index (χ0) is 26.9. The minimum Gasteiger partial charge on any atom is -0.465 e. The average molecular weight is 502 g/mol. The maximum absolute atomic E-state index is 12.8. The number of carbonyl (C=O) groups excluding carboxylic acids is 4. The van der Waals surface area contributed by atoms with Gasteiger partial charge in [-0.2, -0.15) is 0 Å². The predicted molar refractivity (Wildman–Crippen MR) is 132 cm³/mol. The highest BCUT2D eigenvalue weighted by Crippen LogP contribution is 2.33. The number of rotatable bonds is 8. The summed E-state index contributed by atoms with van der Waals surface area (Å²) in [5.41, 5.74) is 0.249. The Kier molecular flexibility index (Phi) is 9.66. The Morgan fingerprint density at radius 2 is 1.56 bits per heavy atom. The maximum atomic E-state index is 12.8. The van der Waals surface area contributed by atoms with E-state index < -0.39 is 29.6 Å². The van der Waals surface area contributed by atoms with E-state index in [2.05, 4.69) is 10.6 Å². The van der Waals surface area contributed by atoms with Crippen LogP contribution in [0.4, 0.5) is 16.2 Å². The Morgan fingerprint density at radius 1 is 0.889 bits per heavy atom. The number of amides is 1. The molecule has 11 heteroatoms. The second-order valence-electron chi connectivity index (χ2n) is 8.40. The number of hydrogen-bond acceptors (Lipinski definition) is 10. The number of allylic oxidation sites excluding steroid dienone is 2. The predicted octanol–water partition coefficient (Wildman–Crippen LogP) is 2.90. The molecule has 0 atom stereocenters. The summed E-state index contributed by atoms with van der Waals surface area (Å²) in [6.07, 6.45) is 5.58. The van der Waals surface area contributed by atoms with Crippen molar-refractivity contribution in [3.63, 3.8) is 0 Å². The van der Waals surface area contributed by atoms with E-state index in [4.69, 9.17) is 18.9 Å². The Balaban J connectivity index is 2.46. The van der Waals surface area contributed by atoms with Gasteiger partial charge in [0.2, 0.25) is 0 Å². The number of nitrogens with one attached hydrogen (secondary N) is 2. The number of ether oxygens (including phenoxy) is 4. The Hall–Kier alpha value is -4.28. The van der Waals surface area contributed by atoms with Gasteiger partial charge < -0.3 is 34.5 Å². The summed E-state index contributed by atoms with van der Waals surface area (Å²) >= 11 is 0. The number of alkyl carbamates (subject to hydrolysis) is 1. The summed E-state index contributed by atoms with van der Waals surface area (Å²) in [6, 6.07) is 4.67. The molecule has 2 N–H and O–H groups in total. The fourth-order valence-corrected chi connectivity index (χ4v) is 3.15. The first-order valence-electron chi connectivity index (χ1n) is 11.0. The van der Waals surface area contributed by atoms with Gasteiger partial charge in [0.15, 0.2) is 0 Å². The Bertz CT molecular complexity index is 1100. The topological polar surface area (TPSA) is 132 Å². The van der Waals surface area contributed by atoms with Gasteiger partial charge in [0.25, 0.3) is 0 Å². The van der Waals surface area contributed by atoms with E-state index in [1.165, 1.54) is 38.4 Å². The largest absolute Gasteiger partial charge is 0.465 e. The van der Waals surface area contributed by atoms with Crippen LogP contribution in [-0.2, 0) is 28.5 Å². The second-order valence-corrected chi connectivity index (χ2v) is 8.40. The van der Waals surface area contributed by atoms with Crippen LogP contribution in [0.3, 0.4) is 0 Å². The molecule has 1 aromatic carbocycles. The Morgan fingerprint density at radius 3 is 2.17 bits per heavy atom. The maximum Gasteiger partial charge on any atom is 0.407 e. The van der Waals surface area contributed by atoms with Crippen molar-refractivity contribution in [3.8, 4) is 0 Å². The van der Waals surface area contributed by atoms with Crippen LogP contribution in [0.25, 0.3) is 0 Å². The summed E-state index contributed by atoms with van der Waals surface area (Å²) in [4.78, 5) is 50.8. The first-order chi connectivity index (χ1) is 17.0. The highest BCUT2D eigenvalue weighted by molar-refractivity contribution is 6.06. The molecule has 1 amide bonds. The van der Waals surface area contributed by atoms with Gasteiger partial charge in [-0.25, -0.2) is 19.2 Å². The van der Waals surface area contributed by atoms with Crippen molar-refractivity contribution in [1.29, 1.82) is 0 Å². The van der Waals surface area contributed by atoms with Gasteiger partial charge in [-0.3, -0.25) is 0 Å². The van der Waals surface area contributed by atoms with Crippen LogP contribution >= 0.6 is 0 Å². The van der Waals surface area contributed by atoms with Crippen LogP contribution in [0, 0.1) is 0 Å². The van der Waals surface area contributed by atoms with E-state index in [1.807, 2.05) is 0 Å². The lowest BCUT2D eigenvalue weighted by molar-refractivity contribution is -0.139. The van der Waals surface area contributed by atoms with Crippen molar-refractivity contribution >= 4 is 35.4 Å². The second kappa shape index (κ2) is 12.4. The molecule has 0 saturated carbocycles. The first kappa shape index (κ1) is 28.0. The highest BCUT2D eigenvalue weighted by atomic mass is 16.6. The molecule has 194 valence electrons. The molecule has 36 heavy (non-hydrogen) atoms. The number of methoxy groups -OCH3 is 3. The zero-order valence-electron chi connectivity index (χ0n) is 21.2. The van der Waals surface area contributed by atoms with Gasteiger partial charge in [0.05, 0.1) is 43.8 Å². The van der Waals surface area contributed by atoms with Gasteiger partial charge in [0.1, 0.15) is 11.3 Å². The van der Waals surface area contributed by atoms with Crippen LogP contribution < -0.4 is 15.5 Å². The number of hydrogen-bond donors (Lipinski definition) is 2. The van der Waals surface area contributed by atoms with Gasteiger partial charge in [-0.15, -0.1) is 0 Å². The number of anilines is 2. The average Bonchev–Trinajstić information content (AvgIpc) is 3.07. The van der Waals surface area contributed by atoms with Crippen LogP contribution in [0.1, 0.15) is 31.1 Å². The first-order valence-corrected chi connectivity index (χ1v) is 11.0. The van der Waals surface area contributed by atoms with Gasteiger partial charge in [-0.05, 0) is 51.1 Å².